The third-order valence-electron chi connectivity index (χ3n) is 3.38. The molecule has 28 heavy (non-hydrogen) atoms. The van der Waals surface area contributed by atoms with Crippen molar-refractivity contribution < 1.29 is 28.6 Å². The maximum absolute atomic E-state index is 12.5. The second kappa shape index (κ2) is 9.66. The molecule has 1 fully saturated rings. The molecule has 148 valence electrons. The van der Waals surface area contributed by atoms with Gasteiger partial charge in [0.15, 0.2) is 11.5 Å². The van der Waals surface area contributed by atoms with E-state index in [2.05, 4.69) is 21.9 Å². The average Bonchev–Trinajstić information content (AvgIpc) is 2.87. The largest absolute Gasteiger partial charge is 0.493 e. The number of halogens is 1. The standard InChI is InChI=1S/C19H18BrNO6S/c1-5-6-26-17-13(20)7-12(8-14(17)25-4)9-15-18(23)21(19(24)28-15)10-16(22)27-11(2)3/h1,7-9,11H,6,10H2,2-4H3/b15-9-. The Hall–Kier alpha value is -2.44. The molecule has 0 bridgehead atoms. The summed E-state index contributed by atoms with van der Waals surface area (Å²) in [4.78, 5) is 37.4. The predicted octanol–water partition coefficient (Wildman–Crippen LogP) is 3.46. The Kier molecular flexibility index (Phi) is 7.54. The number of esters is 1. The number of carbonyl (C=O) groups excluding carboxylic acids is 3. The van der Waals surface area contributed by atoms with E-state index in [9.17, 15) is 14.4 Å². The third kappa shape index (κ3) is 5.30. The third-order valence-corrected chi connectivity index (χ3v) is 4.87. The van der Waals surface area contributed by atoms with Crippen LogP contribution in [0.25, 0.3) is 6.08 Å². The molecular formula is C19H18BrNO6S. The predicted molar refractivity (Wildman–Crippen MR) is 109 cm³/mol. The number of hydrogen-bond donors (Lipinski definition) is 0. The topological polar surface area (TPSA) is 82.1 Å². The van der Waals surface area contributed by atoms with E-state index >= 15 is 0 Å². The summed E-state index contributed by atoms with van der Waals surface area (Å²) < 4.78 is 16.3. The second-order valence-electron chi connectivity index (χ2n) is 5.83. The number of thioether (sulfide) groups is 1. The summed E-state index contributed by atoms with van der Waals surface area (Å²) in [5, 5.41) is -0.531. The molecular weight excluding hydrogens is 450 g/mol. The van der Waals surface area contributed by atoms with Crippen LogP contribution in [0, 0.1) is 12.3 Å². The number of imide groups is 1. The summed E-state index contributed by atoms with van der Waals surface area (Å²) in [6, 6.07) is 3.35. The molecule has 9 heteroatoms. The van der Waals surface area contributed by atoms with Crippen LogP contribution in [0.5, 0.6) is 11.5 Å². The zero-order valence-corrected chi connectivity index (χ0v) is 17.9. The van der Waals surface area contributed by atoms with Gasteiger partial charge in [-0.15, -0.1) is 6.42 Å². The quantitative estimate of drug-likeness (QED) is 0.345. The van der Waals surface area contributed by atoms with Crippen molar-refractivity contribution in [1.29, 1.82) is 0 Å². The van der Waals surface area contributed by atoms with Crippen molar-refractivity contribution >= 4 is 50.9 Å². The molecule has 1 aliphatic rings. The van der Waals surface area contributed by atoms with E-state index in [1.54, 1.807) is 26.0 Å². The highest BCUT2D eigenvalue weighted by Crippen LogP contribution is 2.39. The molecule has 0 spiro atoms. The first-order valence-electron chi connectivity index (χ1n) is 8.15. The van der Waals surface area contributed by atoms with Gasteiger partial charge in [-0.3, -0.25) is 19.3 Å². The van der Waals surface area contributed by atoms with Crippen LogP contribution in [0.1, 0.15) is 19.4 Å². The monoisotopic (exact) mass is 467 g/mol. The molecule has 1 aromatic carbocycles. The fourth-order valence-corrected chi connectivity index (χ4v) is 3.71. The lowest BCUT2D eigenvalue weighted by Gasteiger charge is -2.13. The lowest BCUT2D eigenvalue weighted by atomic mass is 10.2. The highest BCUT2D eigenvalue weighted by molar-refractivity contribution is 9.10. The van der Waals surface area contributed by atoms with Gasteiger partial charge >= 0.3 is 5.97 Å². The number of methoxy groups -OCH3 is 1. The molecule has 0 radical (unpaired) electrons. The van der Waals surface area contributed by atoms with Crippen molar-refractivity contribution in [1.82, 2.24) is 4.90 Å². The lowest BCUT2D eigenvalue weighted by molar-refractivity contribution is -0.149. The molecule has 0 aromatic heterocycles. The second-order valence-corrected chi connectivity index (χ2v) is 7.68. The van der Waals surface area contributed by atoms with Crippen LogP contribution >= 0.6 is 27.7 Å². The summed E-state index contributed by atoms with van der Waals surface area (Å²) in [7, 11) is 1.47. The molecule has 0 N–H and O–H groups in total. The molecule has 2 rings (SSSR count). The smallest absolute Gasteiger partial charge is 0.326 e. The van der Waals surface area contributed by atoms with Crippen LogP contribution < -0.4 is 9.47 Å². The number of terminal acetylenes is 1. The Balaban J connectivity index is 2.25. The van der Waals surface area contributed by atoms with Crippen LogP contribution in [-0.4, -0.2) is 48.4 Å². The van der Waals surface area contributed by atoms with E-state index in [1.807, 2.05) is 0 Å². The van der Waals surface area contributed by atoms with Crippen molar-refractivity contribution in [2.45, 2.75) is 20.0 Å². The van der Waals surface area contributed by atoms with E-state index in [1.165, 1.54) is 13.2 Å². The first-order chi connectivity index (χ1) is 13.3. The number of ether oxygens (including phenoxy) is 3. The average molecular weight is 468 g/mol. The molecule has 0 unspecified atom stereocenters. The van der Waals surface area contributed by atoms with E-state index in [0.29, 0.717) is 21.5 Å². The van der Waals surface area contributed by atoms with E-state index in [4.69, 9.17) is 20.6 Å². The van der Waals surface area contributed by atoms with Gasteiger partial charge in [0.2, 0.25) is 0 Å². The van der Waals surface area contributed by atoms with Crippen molar-refractivity contribution in [3.63, 3.8) is 0 Å². The molecule has 1 saturated heterocycles. The zero-order valence-electron chi connectivity index (χ0n) is 15.5. The van der Waals surface area contributed by atoms with Gasteiger partial charge in [0.25, 0.3) is 11.1 Å². The molecule has 2 amide bonds. The van der Waals surface area contributed by atoms with E-state index in [0.717, 1.165) is 16.7 Å². The minimum atomic E-state index is -0.641. The lowest BCUT2D eigenvalue weighted by Crippen LogP contribution is -2.35. The van der Waals surface area contributed by atoms with Crippen molar-refractivity contribution in [2.75, 3.05) is 20.3 Å². The summed E-state index contributed by atoms with van der Waals surface area (Å²) in [5.41, 5.74) is 0.604. The Bertz CT molecular complexity index is 874. The minimum Gasteiger partial charge on any atom is -0.493 e. The highest BCUT2D eigenvalue weighted by Gasteiger charge is 2.36. The normalized spacial score (nSPS) is 15.1. The Labute approximate surface area is 175 Å². The first-order valence-corrected chi connectivity index (χ1v) is 9.76. The Morgan fingerprint density at radius 1 is 1.39 bits per heavy atom. The van der Waals surface area contributed by atoms with Crippen LogP contribution in [0.4, 0.5) is 4.79 Å². The van der Waals surface area contributed by atoms with Crippen LogP contribution in [-0.2, 0) is 14.3 Å². The summed E-state index contributed by atoms with van der Waals surface area (Å²) >= 11 is 4.13. The van der Waals surface area contributed by atoms with Gasteiger partial charge in [0, 0.05) is 0 Å². The van der Waals surface area contributed by atoms with Gasteiger partial charge in [0.05, 0.1) is 22.6 Å². The molecule has 0 atom stereocenters. The fraction of sp³-hybridized carbons (Fsp3) is 0.316. The number of rotatable bonds is 7. The maximum atomic E-state index is 12.5. The molecule has 0 saturated carbocycles. The van der Waals surface area contributed by atoms with Crippen LogP contribution in [0.2, 0.25) is 0 Å². The number of carbonyl (C=O) groups is 3. The highest BCUT2D eigenvalue weighted by atomic mass is 79.9. The van der Waals surface area contributed by atoms with Crippen molar-refractivity contribution in [2.24, 2.45) is 0 Å². The fourth-order valence-electron chi connectivity index (χ4n) is 2.29. The Morgan fingerprint density at radius 2 is 2.11 bits per heavy atom. The van der Waals surface area contributed by atoms with Crippen molar-refractivity contribution in [3.8, 4) is 23.8 Å². The van der Waals surface area contributed by atoms with Gasteiger partial charge in [-0.1, -0.05) is 5.92 Å². The SMILES string of the molecule is C#CCOc1c(Br)cc(/C=C2\SC(=O)N(CC(=O)OC(C)C)C2=O)cc1OC. The summed E-state index contributed by atoms with van der Waals surface area (Å²) in [6.45, 7) is 3.02. The number of amides is 2. The van der Waals surface area contributed by atoms with E-state index in [-0.39, 0.29) is 17.6 Å². The summed E-state index contributed by atoms with van der Waals surface area (Å²) in [5.74, 6) is 2.02. The molecule has 0 aliphatic carbocycles. The molecule has 7 nitrogen and oxygen atoms in total. The van der Waals surface area contributed by atoms with Gasteiger partial charge in [0.1, 0.15) is 13.2 Å². The van der Waals surface area contributed by atoms with E-state index < -0.39 is 23.7 Å². The minimum absolute atomic E-state index is 0.0691. The van der Waals surface area contributed by atoms with Crippen LogP contribution in [0.3, 0.4) is 0 Å². The number of benzene rings is 1. The number of hydrogen-bond acceptors (Lipinski definition) is 7. The number of nitrogens with zero attached hydrogens (tertiary/aromatic N) is 1. The molecule has 1 heterocycles. The Morgan fingerprint density at radius 3 is 2.71 bits per heavy atom. The van der Waals surface area contributed by atoms with Gasteiger partial charge in [-0.05, 0) is 65.3 Å². The summed E-state index contributed by atoms with van der Waals surface area (Å²) in [6.07, 6.45) is 6.42. The van der Waals surface area contributed by atoms with Crippen LogP contribution in [0.15, 0.2) is 21.5 Å². The van der Waals surface area contributed by atoms with Gasteiger partial charge in [-0.25, -0.2) is 0 Å². The molecule has 1 aromatic rings. The zero-order chi connectivity index (χ0) is 20.8. The van der Waals surface area contributed by atoms with Gasteiger partial charge in [-0.2, -0.15) is 0 Å². The first kappa shape index (κ1) is 21.9. The maximum Gasteiger partial charge on any atom is 0.326 e. The van der Waals surface area contributed by atoms with Crippen molar-refractivity contribution in [3.05, 3.63) is 27.1 Å². The molecule has 1 aliphatic heterocycles. The van der Waals surface area contributed by atoms with Gasteiger partial charge < -0.3 is 14.2 Å².